The van der Waals surface area contributed by atoms with E-state index in [1.54, 1.807) is 0 Å². The van der Waals surface area contributed by atoms with Crippen LogP contribution in [0.15, 0.2) is 6.07 Å². The lowest BCUT2D eigenvalue weighted by atomic mass is 9.92. The van der Waals surface area contributed by atoms with Gasteiger partial charge in [0.05, 0.1) is 5.69 Å². The number of hydrogen-bond donors (Lipinski definition) is 0. The molecule has 72 valence electrons. The minimum absolute atomic E-state index is 0.185. The molecular weight excluding hydrogens is 160 g/mol. The largest absolute Gasteiger partial charge is 0.272 e. The molecule has 1 heterocycles. The third kappa shape index (κ3) is 1.62. The zero-order valence-corrected chi connectivity index (χ0v) is 8.96. The van der Waals surface area contributed by atoms with E-state index in [0.717, 1.165) is 5.92 Å². The zero-order valence-electron chi connectivity index (χ0n) is 8.96. The van der Waals surface area contributed by atoms with Crippen LogP contribution in [-0.4, -0.2) is 9.78 Å². The summed E-state index contributed by atoms with van der Waals surface area (Å²) in [5.41, 5.74) is 2.83. The highest BCUT2D eigenvalue weighted by molar-refractivity contribution is 5.23. The van der Waals surface area contributed by atoms with Crippen molar-refractivity contribution in [3.63, 3.8) is 0 Å². The molecule has 0 aromatic carbocycles. The smallest absolute Gasteiger partial charge is 0.0680 e. The summed E-state index contributed by atoms with van der Waals surface area (Å²) in [6, 6.07) is 2.28. The normalized spacial score (nSPS) is 17.8. The van der Waals surface area contributed by atoms with Crippen molar-refractivity contribution in [3.05, 3.63) is 17.5 Å². The maximum absolute atomic E-state index is 4.56. The molecule has 0 radical (unpaired) electrons. The van der Waals surface area contributed by atoms with Crippen molar-refractivity contribution < 1.29 is 0 Å². The molecule has 0 aliphatic heterocycles. The Balaban J connectivity index is 2.34. The van der Waals surface area contributed by atoms with Gasteiger partial charge in [-0.15, -0.1) is 0 Å². The third-order valence-corrected chi connectivity index (χ3v) is 2.68. The van der Waals surface area contributed by atoms with Gasteiger partial charge in [-0.2, -0.15) is 5.10 Å². The van der Waals surface area contributed by atoms with Gasteiger partial charge in [0, 0.05) is 24.1 Å². The molecule has 0 N–H and O–H groups in total. The first kappa shape index (κ1) is 8.79. The Morgan fingerprint density at radius 2 is 2.00 bits per heavy atom. The third-order valence-electron chi connectivity index (χ3n) is 2.68. The summed E-state index contributed by atoms with van der Waals surface area (Å²) < 4.78 is 2.05. The van der Waals surface area contributed by atoms with Gasteiger partial charge in [0.1, 0.15) is 0 Å². The Kier molecular flexibility index (Phi) is 1.76. The molecule has 1 aromatic rings. The number of rotatable bonds is 1. The summed E-state index contributed by atoms with van der Waals surface area (Å²) in [4.78, 5) is 0. The first-order valence-corrected chi connectivity index (χ1v) is 5.03. The van der Waals surface area contributed by atoms with Crippen LogP contribution in [0, 0.1) is 0 Å². The lowest BCUT2D eigenvalue weighted by Gasteiger charge is -2.13. The summed E-state index contributed by atoms with van der Waals surface area (Å²) in [5.74, 6) is 0.800. The second-order valence-corrected chi connectivity index (χ2v) is 5.10. The van der Waals surface area contributed by atoms with Gasteiger partial charge in [0.25, 0.3) is 0 Å². The van der Waals surface area contributed by atoms with Crippen LogP contribution >= 0.6 is 0 Å². The van der Waals surface area contributed by atoms with Gasteiger partial charge in [-0.3, -0.25) is 4.68 Å². The molecule has 0 unspecified atom stereocenters. The van der Waals surface area contributed by atoms with E-state index >= 15 is 0 Å². The van der Waals surface area contributed by atoms with Gasteiger partial charge < -0.3 is 0 Å². The first-order valence-electron chi connectivity index (χ1n) is 5.03. The molecule has 2 rings (SSSR count). The number of hydrogen-bond acceptors (Lipinski definition) is 1. The Morgan fingerprint density at radius 1 is 1.38 bits per heavy atom. The summed E-state index contributed by atoms with van der Waals surface area (Å²) in [7, 11) is 2.06. The molecule has 1 aliphatic carbocycles. The Morgan fingerprint density at radius 3 is 2.38 bits per heavy atom. The summed E-state index contributed by atoms with van der Waals surface area (Å²) in [6.45, 7) is 6.64. The van der Waals surface area contributed by atoms with Crippen LogP contribution in [0.5, 0.6) is 0 Å². The van der Waals surface area contributed by atoms with Crippen molar-refractivity contribution in [1.82, 2.24) is 9.78 Å². The number of nitrogens with zero attached hydrogens (tertiary/aromatic N) is 2. The lowest BCUT2D eigenvalue weighted by Crippen LogP contribution is -2.12. The Hall–Kier alpha value is -0.790. The molecule has 1 fully saturated rings. The zero-order chi connectivity index (χ0) is 9.64. The fraction of sp³-hybridized carbons (Fsp3) is 0.727. The van der Waals surface area contributed by atoms with Gasteiger partial charge in [-0.05, 0) is 18.9 Å². The van der Waals surface area contributed by atoms with Crippen LogP contribution in [0.25, 0.3) is 0 Å². The molecule has 1 saturated carbocycles. The molecule has 13 heavy (non-hydrogen) atoms. The Labute approximate surface area is 80.0 Å². The molecule has 0 spiro atoms. The van der Waals surface area contributed by atoms with Gasteiger partial charge in [0.2, 0.25) is 0 Å². The summed E-state index contributed by atoms with van der Waals surface area (Å²) in [6.07, 6.45) is 2.70. The van der Waals surface area contributed by atoms with Gasteiger partial charge >= 0.3 is 0 Å². The van der Waals surface area contributed by atoms with Crippen LogP contribution in [0.4, 0.5) is 0 Å². The van der Waals surface area contributed by atoms with Crippen LogP contribution in [0.2, 0.25) is 0 Å². The van der Waals surface area contributed by atoms with E-state index in [2.05, 4.69) is 43.7 Å². The van der Waals surface area contributed by atoms with Crippen molar-refractivity contribution in [2.75, 3.05) is 0 Å². The van der Waals surface area contributed by atoms with Crippen molar-refractivity contribution in [3.8, 4) is 0 Å². The average molecular weight is 178 g/mol. The van der Waals surface area contributed by atoms with Crippen molar-refractivity contribution >= 4 is 0 Å². The lowest BCUT2D eigenvalue weighted by molar-refractivity contribution is 0.551. The van der Waals surface area contributed by atoms with E-state index in [4.69, 9.17) is 0 Å². The molecule has 1 aliphatic rings. The van der Waals surface area contributed by atoms with Crippen LogP contribution in [0.3, 0.4) is 0 Å². The molecule has 1 aromatic heterocycles. The van der Waals surface area contributed by atoms with E-state index in [-0.39, 0.29) is 5.41 Å². The van der Waals surface area contributed by atoms with E-state index in [0.29, 0.717) is 0 Å². The minimum atomic E-state index is 0.185. The molecule has 2 nitrogen and oxygen atoms in total. The van der Waals surface area contributed by atoms with Crippen LogP contribution in [0.1, 0.15) is 50.9 Å². The first-order chi connectivity index (χ1) is 5.98. The second-order valence-electron chi connectivity index (χ2n) is 5.10. The topological polar surface area (TPSA) is 17.8 Å². The summed E-state index contributed by atoms with van der Waals surface area (Å²) in [5, 5.41) is 4.56. The van der Waals surface area contributed by atoms with E-state index in [9.17, 15) is 0 Å². The SMILES string of the molecule is Cn1nc(C(C)(C)C)cc1C1CC1. The van der Waals surface area contributed by atoms with Crippen molar-refractivity contribution in [1.29, 1.82) is 0 Å². The highest BCUT2D eigenvalue weighted by Crippen LogP contribution is 2.40. The standard InChI is InChI=1S/C11H18N2/c1-11(2,3)10-7-9(8-5-6-8)13(4)12-10/h7-8H,5-6H2,1-4H3. The molecular formula is C11H18N2. The quantitative estimate of drug-likeness (QED) is 0.646. The van der Waals surface area contributed by atoms with Crippen molar-refractivity contribution in [2.45, 2.75) is 44.9 Å². The maximum atomic E-state index is 4.56. The van der Waals surface area contributed by atoms with Crippen LogP contribution in [-0.2, 0) is 12.5 Å². The van der Waals surface area contributed by atoms with E-state index in [1.807, 2.05) is 0 Å². The molecule has 0 amide bonds. The molecule has 0 atom stereocenters. The summed E-state index contributed by atoms with van der Waals surface area (Å²) >= 11 is 0. The second kappa shape index (κ2) is 2.60. The number of aromatic nitrogens is 2. The highest BCUT2D eigenvalue weighted by Gasteiger charge is 2.29. The fourth-order valence-electron chi connectivity index (χ4n) is 1.61. The van der Waals surface area contributed by atoms with Gasteiger partial charge in [0.15, 0.2) is 0 Å². The fourth-order valence-corrected chi connectivity index (χ4v) is 1.61. The monoisotopic (exact) mass is 178 g/mol. The predicted octanol–water partition coefficient (Wildman–Crippen LogP) is 2.60. The molecule has 0 bridgehead atoms. The van der Waals surface area contributed by atoms with Gasteiger partial charge in [-0.1, -0.05) is 20.8 Å². The van der Waals surface area contributed by atoms with E-state index < -0.39 is 0 Å². The predicted molar refractivity (Wildman–Crippen MR) is 53.9 cm³/mol. The van der Waals surface area contributed by atoms with Crippen LogP contribution < -0.4 is 0 Å². The number of aryl methyl sites for hydroxylation is 1. The molecule has 2 heteroatoms. The van der Waals surface area contributed by atoms with Gasteiger partial charge in [-0.25, -0.2) is 0 Å². The average Bonchev–Trinajstić information content (AvgIpc) is 2.73. The van der Waals surface area contributed by atoms with E-state index in [1.165, 1.54) is 24.2 Å². The molecule has 0 saturated heterocycles. The van der Waals surface area contributed by atoms with Crippen molar-refractivity contribution in [2.24, 2.45) is 7.05 Å². The Bertz CT molecular complexity index is 313. The minimum Gasteiger partial charge on any atom is -0.272 e. The maximum Gasteiger partial charge on any atom is 0.0680 e. The highest BCUT2D eigenvalue weighted by atomic mass is 15.3.